The van der Waals surface area contributed by atoms with Gasteiger partial charge in [0.05, 0.1) is 5.39 Å². The molecule has 5 nitrogen and oxygen atoms in total. The van der Waals surface area contributed by atoms with Crippen molar-refractivity contribution in [2.24, 2.45) is 0 Å². The third-order valence-corrected chi connectivity index (χ3v) is 5.79. The summed E-state index contributed by atoms with van der Waals surface area (Å²) in [5, 5.41) is 3.20. The van der Waals surface area contributed by atoms with Crippen molar-refractivity contribution in [2.45, 2.75) is 19.9 Å². The highest BCUT2D eigenvalue weighted by molar-refractivity contribution is 7.21. The van der Waals surface area contributed by atoms with Crippen LogP contribution in [0.5, 0.6) is 0 Å². The number of aromatic nitrogens is 2. The monoisotopic (exact) mass is 407 g/mol. The molecule has 7 heteroatoms. The lowest BCUT2D eigenvalue weighted by Crippen LogP contribution is -2.33. The number of aryl methyl sites for hydroxylation is 1. The summed E-state index contributed by atoms with van der Waals surface area (Å²) in [5.41, 5.74) is 1.22. The number of hydrogen-bond donors (Lipinski definition) is 1. The minimum atomic E-state index is -0.774. The van der Waals surface area contributed by atoms with Crippen LogP contribution in [0.3, 0.4) is 0 Å². The Kier molecular flexibility index (Phi) is 4.98. The molecule has 2 aromatic heterocycles. The van der Waals surface area contributed by atoms with Crippen LogP contribution in [0.25, 0.3) is 20.7 Å². The van der Waals surface area contributed by atoms with Crippen LogP contribution >= 0.6 is 11.3 Å². The predicted molar refractivity (Wildman–Crippen MR) is 114 cm³/mol. The zero-order valence-corrected chi connectivity index (χ0v) is 16.7. The minimum Gasteiger partial charge on any atom is -0.324 e. The van der Waals surface area contributed by atoms with Gasteiger partial charge in [-0.25, -0.2) is 9.37 Å². The van der Waals surface area contributed by atoms with Crippen molar-refractivity contribution in [2.75, 3.05) is 5.32 Å². The second kappa shape index (κ2) is 7.60. The molecule has 0 spiro atoms. The molecular formula is C22H18FN3O2S. The number of nitrogens with zero attached hydrogens (tertiary/aromatic N) is 2. The highest BCUT2D eigenvalue weighted by Gasteiger charge is 2.21. The molecule has 2 heterocycles. The average Bonchev–Trinajstić information content (AvgIpc) is 3.14. The van der Waals surface area contributed by atoms with E-state index in [0.717, 1.165) is 10.4 Å². The molecule has 1 atom stereocenters. The van der Waals surface area contributed by atoms with Gasteiger partial charge in [-0.05, 0) is 49.7 Å². The van der Waals surface area contributed by atoms with Gasteiger partial charge in [-0.3, -0.25) is 14.2 Å². The lowest BCUT2D eigenvalue weighted by atomic mass is 10.2. The first kappa shape index (κ1) is 19.0. The Morgan fingerprint density at radius 1 is 1.14 bits per heavy atom. The van der Waals surface area contributed by atoms with Crippen molar-refractivity contribution in [3.05, 3.63) is 82.7 Å². The van der Waals surface area contributed by atoms with E-state index in [9.17, 15) is 14.0 Å². The van der Waals surface area contributed by atoms with Crippen LogP contribution in [-0.4, -0.2) is 15.5 Å². The fourth-order valence-electron chi connectivity index (χ4n) is 3.19. The Morgan fingerprint density at radius 2 is 1.83 bits per heavy atom. The van der Waals surface area contributed by atoms with Crippen molar-refractivity contribution < 1.29 is 9.18 Å². The van der Waals surface area contributed by atoms with Crippen LogP contribution in [0.2, 0.25) is 0 Å². The van der Waals surface area contributed by atoms with Crippen LogP contribution in [0.4, 0.5) is 10.1 Å². The van der Waals surface area contributed by atoms with Crippen LogP contribution in [0, 0.1) is 12.7 Å². The van der Waals surface area contributed by atoms with Crippen molar-refractivity contribution >= 4 is 33.1 Å². The molecule has 0 saturated carbocycles. The van der Waals surface area contributed by atoms with E-state index in [4.69, 9.17) is 0 Å². The van der Waals surface area contributed by atoms with E-state index in [0.29, 0.717) is 21.7 Å². The number of nitrogens with one attached hydrogen (secondary N) is 1. The van der Waals surface area contributed by atoms with Gasteiger partial charge in [-0.15, -0.1) is 11.3 Å². The third kappa shape index (κ3) is 3.69. The quantitative estimate of drug-likeness (QED) is 0.530. The Morgan fingerprint density at radius 3 is 2.52 bits per heavy atom. The van der Waals surface area contributed by atoms with Gasteiger partial charge in [0.1, 0.15) is 22.5 Å². The zero-order chi connectivity index (χ0) is 20.5. The molecule has 1 amide bonds. The molecule has 0 aliphatic heterocycles. The molecule has 0 aliphatic carbocycles. The predicted octanol–water partition coefficient (Wildman–Crippen LogP) is 4.77. The van der Waals surface area contributed by atoms with Gasteiger partial charge < -0.3 is 5.32 Å². The first-order chi connectivity index (χ1) is 13.9. The van der Waals surface area contributed by atoms with Crippen molar-refractivity contribution in [3.8, 4) is 10.4 Å². The molecule has 4 aromatic rings. The second-order valence-corrected chi connectivity index (χ2v) is 7.73. The summed E-state index contributed by atoms with van der Waals surface area (Å²) in [4.78, 5) is 32.0. The number of rotatable bonds is 4. The maximum Gasteiger partial charge on any atom is 0.263 e. The van der Waals surface area contributed by atoms with Crippen LogP contribution in [0.15, 0.2) is 65.5 Å². The summed E-state index contributed by atoms with van der Waals surface area (Å²) in [6.07, 6.45) is 0. The highest BCUT2D eigenvalue weighted by atomic mass is 32.1. The van der Waals surface area contributed by atoms with Crippen molar-refractivity contribution in [1.29, 1.82) is 0 Å². The SMILES string of the molecule is Cc1nc2sc(-c3ccccc3)cc2c(=O)n1C(C)C(=O)Nc1ccc(F)cc1. The summed E-state index contributed by atoms with van der Waals surface area (Å²) in [5.74, 6) is -0.295. The topological polar surface area (TPSA) is 64.0 Å². The normalized spacial score (nSPS) is 12.1. The number of fused-ring (bicyclic) bond motifs is 1. The zero-order valence-electron chi connectivity index (χ0n) is 15.8. The molecular weight excluding hydrogens is 389 g/mol. The maximum absolute atomic E-state index is 13.1. The Labute approximate surface area is 170 Å². The van der Waals surface area contributed by atoms with Crippen molar-refractivity contribution in [3.63, 3.8) is 0 Å². The lowest BCUT2D eigenvalue weighted by molar-refractivity contribution is -0.118. The molecule has 0 radical (unpaired) electrons. The number of benzene rings is 2. The van der Waals surface area contributed by atoms with E-state index in [2.05, 4.69) is 10.3 Å². The van der Waals surface area contributed by atoms with Gasteiger partial charge in [-0.2, -0.15) is 0 Å². The molecule has 1 N–H and O–H groups in total. The number of hydrogen-bond acceptors (Lipinski definition) is 4. The largest absolute Gasteiger partial charge is 0.324 e. The lowest BCUT2D eigenvalue weighted by Gasteiger charge is -2.17. The summed E-state index contributed by atoms with van der Waals surface area (Å²) < 4.78 is 14.5. The maximum atomic E-state index is 13.1. The molecule has 0 aliphatic rings. The van der Waals surface area contributed by atoms with Gasteiger partial charge >= 0.3 is 0 Å². The first-order valence-electron chi connectivity index (χ1n) is 9.08. The summed E-state index contributed by atoms with van der Waals surface area (Å²) in [6.45, 7) is 3.36. The van der Waals surface area contributed by atoms with E-state index in [1.807, 2.05) is 36.4 Å². The molecule has 0 bridgehead atoms. The van der Waals surface area contributed by atoms with Crippen molar-refractivity contribution in [1.82, 2.24) is 9.55 Å². The fourth-order valence-corrected chi connectivity index (χ4v) is 4.27. The number of carbonyl (C=O) groups is 1. The number of amides is 1. The van der Waals surface area contributed by atoms with Gasteiger partial charge in [0.25, 0.3) is 5.56 Å². The third-order valence-electron chi connectivity index (χ3n) is 4.71. The fraction of sp³-hybridized carbons (Fsp3) is 0.136. The van der Waals surface area contributed by atoms with Gasteiger partial charge in [0.2, 0.25) is 5.91 Å². The van der Waals surface area contributed by atoms with Crippen LogP contribution in [-0.2, 0) is 4.79 Å². The average molecular weight is 407 g/mol. The number of anilines is 1. The van der Waals surface area contributed by atoms with Gasteiger partial charge in [0, 0.05) is 10.6 Å². The van der Waals surface area contributed by atoms with E-state index in [-0.39, 0.29) is 17.3 Å². The van der Waals surface area contributed by atoms with E-state index >= 15 is 0 Å². The Balaban J connectivity index is 1.70. The van der Waals surface area contributed by atoms with E-state index in [1.54, 1.807) is 13.8 Å². The molecule has 2 aromatic carbocycles. The van der Waals surface area contributed by atoms with E-state index < -0.39 is 6.04 Å². The minimum absolute atomic E-state index is 0.257. The Hall–Kier alpha value is -3.32. The van der Waals surface area contributed by atoms with Gasteiger partial charge in [0.15, 0.2) is 0 Å². The number of halogens is 1. The smallest absolute Gasteiger partial charge is 0.263 e. The Bertz CT molecular complexity index is 1250. The summed E-state index contributed by atoms with van der Waals surface area (Å²) >= 11 is 1.45. The second-order valence-electron chi connectivity index (χ2n) is 6.70. The summed E-state index contributed by atoms with van der Waals surface area (Å²) in [6, 6.07) is 16.3. The standard InChI is InChI=1S/C22H18FN3O2S/c1-13(20(27)25-17-10-8-16(23)9-11-17)26-14(2)24-21-18(22(26)28)12-19(29-21)15-6-4-3-5-7-15/h3-13H,1-2H3,(H,25,27). The molecule has 0 fully saturated rings. The molecule has 1 unspecified atom stereocenters. The number of thiophene rings is 1. The first-order valence-corrected chi connectivity index (χ1v) is 9.90. The molecule has 0 saturated heterocycles. The van der Waals surface area contributed by atoms with E-state index in [1.165, 1.54) is 40.2 Å². The molecule has 29 heavy (non-hydrogen) atoms. The molecule has 146 valence electrons. The van der Waals surface area contributed by atoms with Crippen LogP contribution < -0.4 is 10.9 Å². The number of carbonyl (C=O) groups excluding carboxylic acids is 1. The van der Waals surface area contributed by atoms with Crippen LogP contribution in [0.1, 0.15) is 18.8 Å². The highest BCUT2D eigenvalue weighted by Crippen LogP contribution is 2.31. The summed E-state index contributed by atoms with van der Waals surface area (Å²) in [7, 11) is 0. The van der Waals surface area contributed by atoms with Gasteiger partial charge in [-0.1, -0.05) is 30.3 Å². The molecule has 4 rings (SSSR count).